The Bertz CT molecular complexity index is 804. The summed E-state index contributed by atoms with van der Waals surface area (Å²) in [4.78, 5) is 27.0. The number of rotatable bonds is 7. The minimum atomic E-state index is -0.185. The van der Waals surface area contributed by atoms with Crippen LogP contribution in [0.25, 0.3) is 0 Å². The lowest BCUT2D eigenvalue weighted by Gasteiger charge is -2.33. The van der Waals surface area contributed by atoms with E-state index >= 15 is 0 Å². The van der Waals surface area contributed by atoms with Crippen molar-refractivity contribution in [2.45, 2.75) is 19.4 Å². The molecule has 3 rings (SSSR count). The summed E-state index contributed by atoms with van der Waals surface area (Å²) < 4.78 is 12.3. The first kappa shape index (κ1) is 19.8. The van der Waals surface area contributed by atoms with Crippen LogP contribution in [-0.2, 0) is 11.3 Å². The molecule has 7 heteroatoms. The van der Waals surface area contributed by atoms with Crippen LogP contribution in [0.5, 0.6) is 11.5 Å². The molecule has 28 heavy (non-hydrogen) atoms. The zero-order valence-corrected chi connectivity index (χ0v) is 16.4. The number of nitrogens with zero attached hydrogens (tertiary/aromatic N) is 2. The molecule has 0 bridgehead atoms. The number of aromatic nitrogens is 1. The van der Waals surface area contributed by atoms with Crippen LogP contribution in [0, 0.1) is 5.92 Å². The largest absolute Gasteiger partial charge is 0.497 e. The fourth-order valence-electron chi connectivity index (χ4n) is 3.51. The molecule has 2 amide bonds. The molecule has 1 aromatic carbocycles. The van der Waals surface area contributed by atoms with E-state index in [0.29, 0.717) is 36.7 Å². The average molecular weight is 385 g/mol. The van der Waals surface area contributed by atoms with Crippen LogP contribution in [0.3, 0.4) is 0 Å². The summed E-state index contributed by atoms with van der Waals surface area (Å²) in [6.45, 7) is 2.33. The lowest BCUT2D eigenvalue weighted by atomic mass is 9.97. The van der Waals surface area contributed by atoms with E-state index in [0.717, 1.165) is 19.4 Å². The molecular weight excluding hydrogens is 358 g/mol. The Morgan fingerprint density at radius 1 is 1.18 bits per heavy atom. The zero-order chi connectivity index (χ0) is 19.9. The van der Waals surface area contributed by atoms with Gasteiger partial charge in [-0.2, -0.15) is 0 Å². The van der Waals surface area contributed by atoms with E-state index in [1.165, 1.54) is 7.11 Å². The lowest BCUT2D eigenvalue weighted by molar-refractivity contribution is -0.133. The summed E-state index contributed by atoms with van der Waals surface area (Å²) in [6.07, 6.45) is 5.72. The number of carbonyl (C=O) groups is 2. The lowest BCUT2D eigenvalue weighted by Crippen LogP contribution is -2.44. The monoisotopic (exact) mass is 385 g/mol. The number of hydrogen-bond acceptors (Lipinski definition) is 4. The standard InChI is InChI=1S/C21H27N3O4/c1-27-17-7-8-18(19(12-17)28-2)21(26)22-13-16-6-5-11-24(14-16)20(25)15-23-9-3-4-10-23/h3-4,7-10,12,16H,5-6,11,13-15H2,1-2H3,(H,22,26). The van der Waals surface area contributed by atoms with Crippen LogP contribution in [0.2, 0.25) is 0 Å². The molecule has 0 radical (unpaired) electrons. The molecule has 7 nitrogen and oxygen atoms in total. The molecule has 1 unspecified atom stereocenters. The molecule has 1 aliphatic heterocycles. The molecule has 1 aromatic heterocycles. The highest BCUT2D eigenvalue weighted by atomic mass is 16.5. The number of benzene rings is 1. The first-order chi connectivity index (χ1) is 13.6. The molecule has 1 aliphatic rings. The van der Waals surface area contributed by atoms with Crippen molar-refractivity contribution in [2.75, 3.05) is 33.9 Å². The number of hydrogen-bond donors (Lipinski definition) is 1. The highest BCUT2D eigenvalue weighted by molar-refractivity contribution is 5.97. The van der Waals surface area contributed by atoms with Gasteiger partial charge in [0, 0.05) is 38.1 Å². The van der Waals surface area contributed by atoms with Crippen molar-refractivity contribution in [1.29, 1.82) is 0 Å². The van der Waals surface area contributed by atoms with Gasteiger partial charge in [0.1, 0.15) is 18.0 Å². The van der Waals surface area contributed by atoms with Crippen LogP contribution < -0.4 is 14.8 Å². The molecule has 150 valence electrons. The minimum Gasteiger partial charge on any atom is -0.497 e. The van der Waals surface area contributed by atoms with Gasteiger partial charge in [-0.15, -0.1) is 0 Å². The number of amides is 2. The highest BCUT2D eigenvalue weighted by Gasteiger charge is 2.24. The van der Waals surface area contributed by atoms with Gasteiger partial charge in [-0.25, -0.2) is 0 Å². The topological polar surface area (TPSA) is 72.8 Å². The van der Waals surface area contributed by atoms with Crippen LogP contribution in [0.4, 0.5) is 0 Å². The van der Waals surface area contributed by atoms with E-state index in [4.69, 9.17) is 9.47 Å². The van der Waals surface area contributed by atoms with E-state index in [-0.39, 0.29) is 17.7 Å². The van der Waals surface area contributed by atoms with Crippen molar-refractivity contribution in [1.82, 2.24) is 14.8 Å². The summed E-state index contributed by atoms with van der Waals surface area (Å²) in [7, 11) is 3.10. The Morgan fingerprint density at radius 2 is 1.96 bits per heavy atom. The van der Waals surface area contributed by atoms with Crippen molar-refractivity contribution in [3.8, 4) is 11.5 Å². The summed E-state index contributed by atoms with van der Waals surface area (Å²) in [6, 6.07) is 8.95. The van der Waals surface area contributed by atoms with Gasteiger partial charge in [-0.1, -0.05) is 0 Å². The number of likely N-dealkylation sites (tertiary alicyclic amines) is 1. The number of ether oxygens (including phenoxy) is 2. The number of piperidine rings is 1. The Kier molecular flexibility index (Phi) is 6.57. The van der Waals surface area contributed by atoms with E-state index in [1.54, 1.807) is 25.3 Å². The zero-order valence-electron chi connectivity index (χ0n) is 16.4. The third-order valence-electron chi connectivity index (χ3n) is 5.06. The van der Waals surface area contributed by atoms with E-state index in [1.807, 2.05) is 34.0 Å². The van der Waals surface area contributed by atoms with Gasteiger partial charge in [0.25, 0.3) is 5.91 Å². The maximum absolute atomic E-state index is 12.6. The second-order valence-corrected chi connectivity index (χ2v) is 6.98. The molecule has 2 aromatic rings. The second kappa shape index (κ2) is 9.30. The summed E-state index contributed by atoms with van der Waals surface area (Å²) in [5.41, 5.74) is 0.472. The minimum absolute atomic E-state index is 0.115. The van der Waals surface area contributed by atoms with Crippen molar-refractivity contribution < 1.29 is 19.1 Å². The van der Waals surface area contributed by atoms with Crippen molar-refractivity contribution in [2.24, 2.45) is 5.92 Å². The first-order valence-electron chi connectivity index (χ1n) is 9.49. The van der Waals surface area contributed by atoms with Gasteiger partial charge < -0.3 is 24.3 Å². The third-order valence-corrected chi connectivity index (χ3v) is 5.06. The number of methoxy groups -OCH3 is 2. The van der Waals surface area contributed by atoms with Crippen molar-refractivity contribution in [3.05, 3.63) is 48.3 Å². The highest BCUT2D eigenvalue weighted by Crippen LogP contribution is 2.24. The molecule has 2 heterocycles. The Morgan fingerprint density at radius 3 is 2.68 bits per heavy atom. The van der Waals surface area contributed by atoms with E-state index in [9.17, 15) is 9.59 Å². The smallest absolute Gasteiger partial charge is 0.255 e. The van der Waals surface area contributed by atoms with E-state index in [2.05, 4.69) is 5.32 Å². The quantitative estimate of drug-likeness (QED) is 0.793. The van der Waals surface area contributed by atoms with Crippen LogP contribution in [0.15, 0.2) is 42.7 Å². The van der Waals surface area contributed by atoms with Crippen LogP contribution >= 0.6 is 0 Å². The molecule has 1 saturated heterocycles. The van der Waals surface area contributed by atoms with Gasteiger partial charge in [-0.3, -0.25) is 9.59 Å². The Labute approximate surface area is 165 Å². The van der Waals surface area contributed by atoms with Gasteiger partial charge in [-0.05, 0) is 43.0 Å². The fraction of sp³-hybridized carbons (Fsp3) is 0.429. The third kappa shape index (κ3) is 4.85. The molecule has 1 N–H and O–H groups in total. The first-order valence-corrected chi connectivity index (χ1v) is 9.49. The second-order valence-electron chi connectivity index (χ2n) is 6.98. The van der Waals surface area contributed by atoms with Crippen LogP contribution in [-0.4, -0.2) is 55.1 Å². The maximum Gasteiger partial charge on any atom is 0.255 e. The normalized spacial score (nSPS) is 16.5. The predicted octanol–water partition coefficient (Wildman–Crippen LogP) is 2.17. The molecule has 1 fully saturated rings. The average Bonchev–Trinajstić information content (AvgIpc) is 3.24. The number of carbonyl (C=O) groups excluding carboxylic acids is 2. The maximum atomic E-state index is 12.6. The molecule has 0 aliphatic carbocycles. The SMILES string of the molecule is COc1ccc(C(=O)NCC2CCCN(C(=O)Cn3cccc3)C2)c(OC)c1. The summed E-state index contributed by atoms with van der Waals surface area (Å²) in [5, 5.41) is 2.98. The predicted molar refractivity (Wildman–Crippen MR) is 106 cm³/mol. The van der Waals surface area contributed by atoms with Gasteiger partial charge in [0.05, 0.1) is 19.8 Å². The Balaban J connectivity index is 1.54. The van der Waals surface area contributed by atoms with Crippen LogP contribution in [0.1, 0.15) is 23.2 Å². The fourth-order valence-corrected chi connectivity index (χ4v) is 3.51. The van der Waals surface area contributed by atoms with Gasteiger partial charge in [0.2, 0.25) is 5.91 Å². The molecular formula is C21H27N3O4. The molecule has 0 spiro atoms. The van der Waals surface area contributed by atoms with Gasteiger partial charge in [0.15, 0.2) is 0 Å². The van der Waals surface area contributed by atoms with Crippen molar-refractivity contribution in [3.63, 3.8) is 0 Å². The van der Waals surface area contributed by atoms with Gasteiger partial charge >= 0.3 is 0 Å². The van der Waals surface area contributed by atoms with Crippen molar-refractivity contribution >= 4 is 11.8 Å². The molecule has 0 saturated carbocycles. The Hall–Kier alpha value is -2.96. The van der Waals surface area contributed by atoms with E-state index < -0.39 is 0 Å². The summed E-state index contributed by atoms with van der Waals surface area (Å²) in [5.74, 6) is 1.29. The number of nitrogens with one attached hydrogen (secondary N) is 1. The molecule has 1 atom stereocenters. The summed E-state index contributed by atoms with van der Waals surface area (Å²) >= 11 is 0.